The van der Waals surface area contributed by atoms with Crippen molar-refractivity contribution < 1.29 is 0 Å². The third kappa shape index (κ3) is 0.482. The molecule has 0 aromatic rings. The van der Waals surface area contributed by atoms with E-state index in [1.54, 1.807) is 0 Å². The third-order valence-electron chi connectivity index (χ3n) is 0.803. The molecule has 0 radical (unpaired) electrons. The van der Waals surface area contributed by atoms with Gasteiger partial charge in [-0.05, 0) is 6.92 Å². The van der Waals surface area contributed by atoms with E-state index in [1.165, 1.54) is 0 Å². The first-order valence-electron chi connectivity index (χ1n) is 1.99. The Morgan fingerprint density at radius 3 is 2.50 bits per heavy atom. The van der Waals surface area contributed by atoms with Gasteiger partial charge >= 0.3 is 0 Å². The zero-order chi connectivity index (χ0) is 4.57. The predicted octanol–water partition coefficient (Wildman–Crippen LogP) is 1.02. The first-order chi connectivity index (χ1) is 2.80. The minimum absolute atomic E-state index is 0.407. The molecule has 0 saturated carbocycles. The van der Waals surface area contributed by atoms with Gasteiger partial charge in [-0.15, -0.1) is 0 Å². The molecular weight excluding hydrogens is 74.1 g/mol. The highest BCUT2D eigenvalue weighted by Crippen LogP contribution is 2.09. The summed E-state index contributed by atoms with van der Waals surface area (Å²) >= 11 is 0. The van der Waals surface area contributed by atoms with E-state index in [0.29, 0.717) is 6.04 Å². The van der Waals surface area contributed by atoms with E-state index in [4.69, 9.17) is 0 Å². The van der Waals surface area contributed by atoms with Crippen molar-refractivity contribution in [1.29, 1.82) is 0 Å². The SMILES string of the molecule is C=C(C)C1C=N1. The van der Waals surface area contributed by atoms with Crippen molar-refractivity contribution in [2.24, 2.45) is 4.99 Å². The molecule has 1 heterocycles. The molecule has 1 nitrogen and oxygen atoms in total. The molecule has 1 aliphatic heterocycles. The van der Waals surface area contributed by atoms with E-state index in [-0.39, 0.29) is 0 Å². The van der Waals surface area contributed by atoms with Crippen LogP contribution in [0.3, 0.4) is 0 Å². The maximum atomic E-state index is 3.88. The first-order valence-corrected chi connectivity index (χ1v) is 1.99. The van der Waals surface area contributed by atoms with Gasteiger partial charge in [-0.2, -0.15) is 0 Å². The van der Waals surface area contributed by atoms with Crippen LogP contribution in [-0.2, 0) is 0 Å². The van der Waals surface area contributed by atoms with Crippen LogP contribution >= 0.6 is 0 Å². The van der Waals surface area contributed by atoms with E-state index in [2.05, 4.69) is 11.6 Å². The maximum absolute atomic E-state index is 3.88. The fourth-order valence-electron chi connectivity index (χ4n) is 0.298. The lowest BCUT2D eigenvalue weighted by atomic mass is 10.2. The van der Waals surface area contributed by atoms with Crippen LogP contribution in [0, 0.1) is 0 Å². The summed E-state index contributed by atoms with van der Waals surface area (Å²) in [7, 11) is 0. The third-order valence-corrected chi connectivity index (χ3v) is 0.803. The summed E-state index contributed by atoms with van der Waals surface area (Å²) < 4.78 is 0. The molecule has 0 aliphatic carbocycles. The molecule has 0 bridgehead atoms. The molecule has 1 heteroatoms. The topological polar surface area (TPSA) is 12.4 Å². The number of aliphatic imine (C=N–C) groups is 1. The minimum atomic E-state index is 0.407. The van der Waals surface area contributed by atoms with Crippen molar-refractivity contribution in [3.63, 3.8) is 0 Å². The summed E-state index contributed by atoms with van der Waals surface area (Å²) in [6.07, 6.45) is 1.89. The highest BCUT2D eigenvalue weighted by atomic mass is 14.9. The van der Waals surface area contributed by atoms with Crippen LogP contribution in [0.15, 0.2) is 17.1 Å². The van der Waals surface area contributed by atoms with Gasteiger partial charge in [0.25, 0.3) is 0 Å². The fraction of sp³-hybridized carbons (Fsp3) is 0.400. The second-order valence-corrected chi connectivity index (χ2v) is 1.59. The van der Waals surface area contributed by atoms with Crippen molar-refractivity contribution in [3.05, 3.63) is 12.2 Å². The van der Waals surface area contributed by atoms with Crippen molar-refractivity contribution in [3.8, 4) is 0 Å². The molecule has 0 N–H and O–H groups in total. The molecule has 0 fully saturated rings. The first kappa shape index (κ1) is 3.59. The Hall–Kier alpha value is -0.590. The molecular formula is C5H7N. The highest BCUT2D eigenvalue weighted by Gasteiger charge is 2.11. The number of rotatable bonds is 1. The average molecular weight is 81.1 g/mol. The summed E-state index contributed by atoms with van der Waals surface area (Å²) in [5.41, 5.74) is 1.15. The van der Waals surface area contributed by atoms with Crippen LogP contribution in [-0.4, -0.2) is 12.3 Å². The van der Waals surface area contributed by atoms with Crippen LogP contribution in [0.25, 0.3) is 0 Å². The summed E-state index contributed by atoms with van der Waals surface area (Å²) in [4.78, 5) is 3.88. The van der Waals surface area contributed by atoms with Crippen LogP contribution < -0.4 is 0 Å². The van der Waals surface area contributed by atoms with Crippen LogP contribution in [0.5, 0.6) is 0 Å². The molecule has 0 aromatic heterocycles. The monoisotopic (exact) mass is 81.1 g/mol. The van der Waals surface area contributed by atoms with Crippen molar-refractivity contribution in [1.82, 2.24) is 0 Å². The Labute approximate surface area is 37.4 Å². The molecule has 0 saturated heterocycles. The molecule has 0 aromatic carbocycles. The number of nitrogens with zero attached hydrogens (tertiary/aromatic N) is 1. The lowest BCUT2D eigenvalue weighted by Crippen LogP contribution is -1.83. The lowest BCUT2D eigenvalue weighted by molar-refractivity contribution is 1.16. The summed E-state index contributed by atoms with van der Waals surface area (Å²) in [5.74, 6) is 0. The molecule has 1 rings (SSSR count). The second kappa shape index (κ2) is 0.934. The van der Waals surface area contributed by atoms with Gasteiger partial charge in [-0.3, -0.25) is 4.99 Å². The number of hydrogen-bond acceptors (Lipinski definition) is 1. The quantitative estimate of drug-likeness (QED) is 0.418. The van der Waals surface area contributed by atoms with Crippen molar-refractivity contribution >= 4 is 6.21 Å². The summed E-state index contributed by atoms with van der Waals surface area (Å²) in [6, 6.07) is 0.407. The van der Waals surface area contributed by atoms with Gasteiger partial charge in [0.05, 0.1) is 0 Å². The average Bonchev–Trinajstić information content (AvgIpc) is 2.06. The van der Waals surface area contributed by atoms with E-state index < -0.39 is 0 Å². The van der Waals surface area contributed by atoms with Crippen LogP contribution in [0.1, 0.15) is 6.92 Å². The van der Waals surface area contributed by atoms with Crippen LogP contribution in [0.2, 0.25) is 0 Å². The van der Waals surface area contributed by atoms with E-state index in [0.717, 1.165) is 5.57 Å². The van der Waals surface area contributed by atoms with Gasteiger partial charge in [0.1, 0.15) is 6.04 Å². The summed E-state index contributed by atoms with van der Waals surface area (Å²) in [5, 5.41) is 0. The smallest absolute Gasteiger partial charge is 0.105 e. The van der Waals surface area contributed by atoms with Gasteiger partial charge in [0.15, 0.2) is 0 Å². The zero-order valence-corrected chi connectivity index (χ0v) is 3.81. The number of hydrogen-bond donors (Lipinski definition) is 0. The highest BCUT2D eigenvalue weighted by molar-refractivity contribution is 5.81. The van der Waals surface area contributed by atoms with Crippen molar-refractivity contribution in [2.45, 2.75) is 13.0 Å². The van der Waals surface area contributed by atoms with E-state index >= 15 is 0 Å². The van der Waals surface area contributed by atoms with Gasteiger partial charge in [-0.1, -0.05) is 12.2 Å². The zero-order valence-electron chi connectivity index (χ0n) is 3.81. The maximum Gasteiger partial charge on any atom is 0.105 e. The van der Waals surface area contributed by atoms with E-state index in [9.17, 15) is 0 Å². The minimum Gasteiger partial charge on any atom is -0.281 e. The Kier molecular flexibility index (Phi) is 0.560. The molecule has 6 heavy (non-hydrogen) atoms. The Balaban J connectivity index is 2.35. The lowest BCUT2D eigenvalue weighted by Gasteiger charge is -1.82. The normalized spacial score (nSPS) is 27.2. The van der Waals surface area contributed by atoms with Gasteiger partial charge in [0.2, 0.25) is 0 Å². The van der Waals surface area contributed by atoms with Gasteiger partial charge in [-0.25, -0.2) is 0 Å². The Morgan fingerprint density at radius 2 is 2.50 bits per heavy atom. The van der Waals surface area contributed by atoms with Crippen molar-refractivity contribution in [2.75, 3.05) is 0 Å². The second-order valence-electron chi connectivity index (χ2n) is 1.59. The standard InChI is InChI=1S/C5H7N/c1-4(2)5-3-6-5/h3,5H,1H2,2H3. The molecule has 0 amide bonds. The van der Waals surface area contributed by atoms with Gasteiger partial charge < -0.3 is 0 Å². The Bertz CT molecular complexity index is 96.5. The van der Waals surface area contributed by atoms with E-state index in [1.807, 2.05) is 13.1 Å². The molecule has 1 aliphatic rings. The molecule has 1 atom stereocenters. The largest absolute Gasteiger partial charge is 0.281 e. The van der Waals surface area contributed by atoms with Gasteiger partial charge in [0, 0.05) is 6.21 Å². The molecule has 32 valence electrons. The molecule has 0 spiro atoms. The fourth-order valence-corrected chi connectivity index (χ4v) is 0.298. The Morgan fingerprint density at radius 1 is 2.00 bits per heavy atom. The molecule has 1 unspecified atom stereocenters. The predicted molar refractivity (Wildman–Crippen MR) is 27.1 cm³/mol. The summed E-state index contributed by atoms with van der Waals surface area (Å²) in [6.45, 7) is 5.68. The van der Waals surface area contributed by atoms with Crippen LogP contribution in [0.4, 0.5) is 0 Å².